The maximum Gasteiger partial charge on any atom is 0.287 e. The van der Waals surface area contributed by atoms with Crippen LogP contribution in [0.15, 0.2) is 32.5 Å². The Kier molecular flexibility index (Phi) is 4.20. The molecule has 10 heteroatoms. The van der Waals surface area contributed by atoms with Gasteiger partial charge in [0.25, 0.3) is 5.88 Å². The van der Waals surface area contributed by atoms with Crippen molar-refractivity contribution in [2.45, 2.75) is 0 Å². The predicted octanol–water partition coefficient (Wildman–Crippen LogP) is 1.46. The largest absolute Gasteiger partial charge is 0.472 e. The summed E-state index contributed by atoms with van der Waals surface area (Å²) < 4.78 is 23.7. The molecule has 1 aliphatic heterocycles. The number of ether oxygens (including phenoxy) is 1. The molecule has 0 saturated carbocycles. The van der Waals surface area contributed by atoms with Gasteiger partial charge in [0.1, 0.15) is 12.4 Å². The molecule has 0 amide bonds. The third-order valence-corrected chi connectivity index (χ3v) is 3.44. The minimum absolute atomic E-state index is 0.149. The van der Waals surface area contributed by atoms with Gasteiger partial charge in [-0.15, -0.1) is 0 Å². The summed E-state index contributed by atoms with van der Waals surface area (Å²) in [6.07, 6.45) is 0. The van der Waals surface area contributed by atoms with Crippen molar-refractivity contribution in [3.63, 3.8) is 0 Å². The molecule has 0 atom stereocenters. The maximum atomic E-state index is 13.4. The SMILES string of the molecule is NCCOc1nonc1C1=NOCN1c1ccc(F)c(Br)c1. The summed E-state index contributed by atoms with van der Waals surface area (Å²) in [7, 11) is 0. The van der Waals surface area contributed by atoms with Crippen LogP contribution in [-0.4, -0.2) is 36.0 Å². The summed E-state index contributed by atoms with van der Waals surface area (Å²) in [4.78, 5) is 6.77. The number of rotatable bonds is 5. The summed E-state index contributed by atoms with van der Waals surface area (Å²) >= 11 is 3.14. The lowest BCUT2D eigenvalue weighted by molar-refractivity contribution is 0.174. The van der Waals surface area contributed by atoms with Crippen molar-refractivity contribution in [1.29, 1.82) is 0 Å². The molecular formula is C12H11BrFN5O3. The van der Waals surface area contributed by atoms with Crippen LogP contribution in [0, 0.1) is 5.82 Å². The molecule has 22 heavy (non-hydrogen) atoms. The number of benzene rings is 1. The number of nitrogens with zero attached hydrogens (tertiary/aromatic N) is 4. The molecule has 2 heterocycles. The second kappa shape index (κ2) is 6.28. The summed E-state index contributed by atoms with van der Waals surface area (Å²) in [6, 6.07) is 4.54. The highest BCUT2D eigenvalue weighted by Crippen LogP contribution is 2.28. The van der Waals surface area contributed by atoms with Crippen molar-refractivity contribution in [3.8, 4) is 5.88 Å². The molecule has 1 aromatic heterocycles. The molecule has 8 nitrogen and oxygen atoms in total. The zero-order valence-electron chi connectivity index (χ0n) is 11.2. The van der Waals surface area contributed by atoms with Crippen LogP contribution in [0.25, 0.3) is 0 Å². The summed E-state index contributed by atoms with van der Waals surface area (Å²) in [5, 5.41) is 11.4. The van der Waals surface area contributed by atoms with Crippen LogP contribution in [0.1, 0.15) is 5.69 Å². The Bertz CT molecular complexity index is 708. The van der Waals surface area contributed by atoms with Gasteiger partial charge < -0.3 is 15.3 Å². The van der Waals surface area contributed by atoms with Gasteiger partial charge in [-0.05, 0) is 44.4 Å². The van der Waals surface area contributed by atoms with Gasteiger partial charge in [-0.2, -0.15) is 0 Å². The molecule has 0 spiro atoms. The van der Waals surface area contributed by atoms with E-state index in [1.54, 1.807) is 17.0 Å². The quantitative estimate of drug-likeness (QED) is 0.849. The van der Waals surface area contributed by atoms with E-state index in [9.17, 15) is 4.39 Å². The monoisotopic (exact) mass is 371 g/mol. The maximum absolute atomic E-state index is 13.4. The Morgan fingerprint density at radius 2 is 2.27 bits per heavy atom. The van der Waals surface area contributed by atoms with Crippen molar-refractivity contribution < 1.29 is 18.6 Å². The second-order valence-electron chi connectivity index (χ2n) is 4.25. The van der Waals surface area contributed by atoms with Gasteiger partial charge in [0, 0.05) is 12.2 Å². The fourth-order valence-corrected chi connectivity index (χ4v) is 2.21. The number of halogens is 2. The number of aromatic nitrogens is 2. The zero-order valence-corrected chi connectivity index (χ0v) is 12.8. The van der Waals surface area contributed by atoms with Crippen LogP contribution >= 0.6 is 15.9 Å². The highest BCUT2D eigenvalue weighted by Gasteiger charge is 2.29. The molecule has 0 aliphatic carbocycles. The van der Waals surface area contributed by atoms with Crippen LogP contribution in [0.3, 0.4) is 0 Å². The highest BCUT2D eigenvalue weighted by molar-refractivity contribution is 9.10. The molecule has 2 N–H and O–H groups in total. The summed E-state index contributed by atoms with van der Waals surface area (Å²) in [5.41, 5.74) is 6.34. The molecule has 2 aromatic rings. The van der Waals surface area contributed by atoms with Crippen molar-refractivity contribution in [2.24, 2.45) is 10.9 Å². The molecule has 0 radical (unpaired) electrons. The van der Waals surface area contributed by atoms with Gasteiger partial charge in [-0.3, -0.25) is 4.90 Å². The molecular weight excluding hydrogens is 361 g/mol. The highest BCUT2D eigenvalue weighted by atomic mass is 79.9. The minimum Gasteiger partial charge on any atom is -0.472 e. The number of oxime groups is 1. The van der Waals surface area contributed by atoms with Crippen LogP contribution in [0.2, 0.25) is 0 Å². The van der Waals surface area contributed by atoms with Crippen molar-refractivity contribution >= 4 is 27.5 Å². The number of hydrogen-bond acceptors (Lipinski definition) is 8. The number of anilines is 1. The van der Waals surface area contributed by atoms with E-state index in [2.05, 4.69) is 36.0 Å². The standard InChI is InChI=1S/C12H11BrFN5O3/c13-8-5-7(1-2-9(8)14)19-6-21-17-11(19)10-12(18-22-16-10)20-4-3-15/h1-2,5H,3-4,6,15H2. The van der Waals surface area contributed by atoms with E-state index in [1.165, 1.54) is 6.07 Å². The van der Waals surface area contributed by atoms with Crippen molar-refractivity contribution in [3.05, 3.63) is 34.2 Å². The Morgan fingerprint density at radius 1 is 1.41 bits per heavy atom. The van der Waals surface area contributed by atoms with E-state index in [4.69, 9.17) is 15.3 Å². The zero-order chi connectivity index (χ0) is 15.5. The predicted molar refractivity (Wildman–Crippen MR) is 77.9 cm³/mol. The van der Waals surface area contributed by atoms with Gasteiger partial charge in [0.2, 0.25) is 11.5 Å². The first-order chi connectivity index (χ1) is 10.7. The molecule has 1 aliphatic rings. The van der Waals surface area contributed by atoms with Crippen molar-refractivity contribution in [2.75, 3.05) is 24.8 Å². The van der Waals surface area contributed by atoms with E-state index < -0.39 is 0 Å². The fourth-order valence-electron chi connectivity index (χ4n) is 1.85. The average Bonchev–Trinajstić information content (AvgIpc) is 3.15. The summed E-state index contributed by atoms with van der Waals surface area (Å²) in [6.45, 7) is 0.734. The lowest BCUT2D eigenvalue weighted by Gasteiger charge is -2.16. The molecule has 0 saturated heterocycles. The van der Waals surface area contributed by atoms with Gasteiger partial charge >= 0.3 is 0 Å². The lowest BCUT2D eigenvalue weighted by atomic mass is 10.2. The minimum atomic E-state index is -0.363. The van der Waals surface area contributed by atoms with Crippen molar-refractivity contribution in [1.82, 2.24) is 10.3 Å². The molecule has 1 aromatic carbocycles. The van der Waals surface area contributed by atoms with E-state index in [-0.39, 0.29) is 30.7 Å². The average molecular weight is 372 g/mol. The third-order valence-electron chi connectivity index (χ3n) is 2.84. The second-order valence-corrected chi connectivity index (χ2v) is 5.11. The molecule has 3 rings (SSSR count). The Balaban J connectivity index is 1.90. The number of nitrogens with two attached hydrogens (primary N) is 1. The van der Waals surface area contributed by atoms with Gasteiger partial charge in [-0.25, -0.2) is 9.02 Å². The normalized spacial score (nSPS) is 14.0. The first-order valence-corrected chi connectivity index (χ1v) is 7.08. The van der Waals surface area contributed by atoms with E-state index >= 15 is 0 Å². The van der Waals surface area contributed by atoms with E-state index in [0.29, 0.717) is 22.5 Å². The summed E-state index contributed by atoms with van der Waals surface area (Å²) in [5.74, 6) is 0.157. The van der Waals surface area contributed by atoms with Crippen LogP contribution in [0.5, 0.6) is 5.88 Å². The first kappa shape index (κ1) is 14.7. The number of amidine groups is 1. The number of hydrogen-bond donors (Lipinski definition) is 1. The molecule has 0 fully saturated rings. The van der Waals surface area contributed by atoms with Crippen LogP contribution in [-0.2, 0) is 4.84 Å². The lowest BCUT2D eigenvalue weighted by Crippen LogP contribution is -2.28. The van der Waals surface area contributed by atoms with Crippen LogP contribution in [0.4, 0.5) is 10.1 Å². The molecule has 116 valence electrons. The third kappa shape index (κ3) is 2.74. The van der Waals surface area contributed by atoms with Gasteiger partial charge in [0.15, 0.2) is 6.73 Å². The van der Waals surface area contributed by atoms with E-state index in [0.717, 1.165) is 0 Å². The van der Waals surface area contributed by atoms with Gasteiger partial charge in [0.05, 0.1) is 4.47 Å². The van der Waals surface area contributed by atoms with Crippen LogP contribution < -0.4 is 15.4 Å². The Labute approximate surface area is 132 Å². The smallest absolute Gasteiger partial charge is 0.287 e. The topological polar surface area (TPSA) is 99.0 Å². The Hall–Kier alpha value is -2.20. The molecule has 0 bridgehead atoms. The van der Waals surface area contributed by atoms with E-state index in [1.807, 2.05) is 0 Å². The fraction of sp³-hybridized carbons (Fsp3) is 0.250. The van der Waals surface area contributed by atoms with Gasteiger partial charge in [-0.1, -0.05) is 5.16 Å². The first-order valence-electron chi connectivity index (χ1n) is 6.29. The molecule has 0 unspecified atom stereocenters. The Morgan fingerprint density at radius 3 is 3.05 bits per heavy atom.